The Morgan fingerprint density at radius 2 is 1.69 bits per heavy atom. The van der Waals surface area contributed by atoms with Crippen LogP contribution in [-0.2, 0) is 17.1 Å². The van der Waals surface area contributed by atoms with Gasteiger partial charge in [0.25, 0.3) is 5.69 Å². The summed E-state index contributed by atoms with van der Waals surface area (Å²) in [6.07, 6.45) is -8.11. The standard InChI is InChI=1S/C22H25F6N7O3S/c23-21(24,25)16-13-15(1-2-17(16)35(37)38)29-14-3-7-33(8-4-14)18(36)5-6-32-9-11-34(12-10-32)20-31-30-19(39-20)22(26,27)28/h1-2,13-14,29H,3-12H2. The van der Waals surface area contributed by atoms with Crippen LogP contribution in [0.15, 0.2) is 18.2 Å². The van der Waals surface area contributed by atoms with Gasteiger partial charge >= 0.3 is 12.4 Å². The van der Waals surface area contributed by atoms with Crippen LogP contribution in [0.3, 0.4) is 0 Å². The number of nitrogens with zero attached hydrogens (tertiary/aromatic N) is 6. The van der Waals surface area contributed by atoms with E-state index in [9.17, 15) is 41.3 Å². The van der Waals surface area contributed by atoms with Crippen molar-refractivity contribution < 1.29 is 36.1 Å². The van der Waals surface area contributed by atoms with Crippen LogP contribution in [0.1, 0.15) is 29.8 Å². The van der Waals surface area contributed by atoms with E-state index in [2.05, 4.69) is 20.4 Å². The highest BCUT2D eigenvalue weighted by atomic mass is 32.1. The third-order valence-corrected chi connectivity index (χ3v) is 7.69. The minimum Gasteiger partial charge on any atom is -0.382 e. The first-order valence-electron chi connectivity index (χ1n) is 12.1. The van der Waals surface area contributed by atoms with Crippen LogP contribution in [0.25, 0.3) is 0 Å². The summed E-state index contributed by atoms with van der Waals surface area (Å²) in [7, 11) is 0. The second-order valence-electron chi connectivity index (χ2n) is 9.25. The van der Waals surface area contributed by atoms with E-state index in [-0.39, 0.29) is 29.2 Å². The molecule has 2 fully saturated rings. The van der Waals surface area contributed by atoms with Gasteiger partial charge in [-0.25, -0.2) is 0 Å². The molecule has 2 aliphatic heterocycles. The van der Waals surface area contributed by atoms with Gasteiger partial charge in [0.15, 0.2) is 0 Å². The quantitative estimate of drug-likeness (QED) is 0.296. The summed E-state index contributed by atoms with van der Waals surface area (Å²) in [6.45, 7) is 3.40. The summed E-state index contributed by atoms with van der Waals surface area (Å²) in [5.41, 5.74) is -2.20. The highest BCUT2D eigenvalue weighted by Crippen LogP contribution is 2.38. The number of nitro benzene ring substituents is 1. The average molecular weight is 582 g/mol. The molecule has 0 radical (unpaired) electrons. The number of nitrogens with one attached hydrogen (secondary N) is 1. The second kappa shape index (κ2) is 11.5. The molecule has 1 amide bonds. The molecule has 2 aromatic rings. The monoisotopic (exact) mass is 581 g/mol. The number of hydrogen-bond donors (Lipinski definition) is 1. The summed E-state index contributed by atoms with van der Waals surface area (Å²) in [6, 6.07) is 2.61. The molecule has 17 heteroatoms. The summed E-state index contributed by atoms with van der Waals surface area (Å²) < 4.78 is 77.9. The molecule has 2 aliphatic rings. The molecular formula is C22H25F6N7O3S. The van der Waals surface area contributed by atoms with Crippen molar-refractivity contribution in [2.45, 2.75) is 37.7 Å². The topological polar surface area (TPSA) is 108 Å². The highest BCUT2D eigenvalue weighted by Gasteiger charge is 2.39. The van der Waals surface area contributed by atoms with Crippen LogP contribution in [0.5, 0.6) is 0 Å². The van der Waals surface area contributed by atoms with Gasteiger partial charge in [-0.3, -0.25) is 19.8 Å². The molecule has 0 atom stereocenters. The number of alkyl halides is 6. The van der Waals surface area contributed by atoms with Gasteiger partial charge in [0.05, 0.1) is 4.92 Å². The Balaban J connectivity index is 1.20. The first-order valence-corrected chi connectivity index (χ1v) is 12.9. The van der Waals surface area contributed by atoms with Crippen LogP contribution in [0.2, 0.25) is 0 Å². The van der Waals surface area contributed by atoms with E-state index >= 15 is 0 Å². The highest BCUT2D eigenvalue weighted by molar-refractivity contribution is 7.15. The fraction of sp³-hybridized carbons (Fsp3) is 0.591. The van der Waals surface area contributed by atoms with E-state index in [4.69, 9.17) is 0 Å². The Labute approximate surface area is 222 Å². The summed E-state index contributed by atoms with van der Waals surface area (Å²) in [4.78, 5) is 28.1. The first-order chi connectivity index (χ1) is 18.3. The largest absolute Gasteiger partial charge is 0.445 e. The number of anilines is 2. The van der Waals surface area contributed by atoms with Gasteiger partial charge in [-0.15, -0.1) is 10.2 Å². The van der Waals surface area contributed by atoms with Gasteiger partial charge in [0.1, 0.15) is 5.56 Å². The van der Waals surface area contributed by atoms with E-state index in [0.717, 1.165) is 12.1 Å². The molecule has 1 N–H and O–H groups in total. The average Bonchev–Trinajstić information content (AvgIpc) is 3.39. The van der Waals surface area contributed by atoms with Crippen LogP contribution in [0, 0.1) is 10.1 Å². The number of likely N-dealkylation sites (tertiary alicyclic amines) is 1. The molecule has 0 saturated carbocycles. The number of nitro groups is 1. The number of amides is 1. The van der Waals surface area contributed by atoms with Crippen molar-refractivity contribution in [2.75, 3.05) is 56.0 Å². The summed E-state index contributed by atoms with van der Waals surface area (Å²) in [5, 5.41) is 20.0. The van der Waals surface area contributed by atoms with Gasteiger partial charge in [0, 0.05) is 70.0 Å². The molecule has 0 spiro atoms. The van der Waals surface area contributed by atoms with Crippen molar-refractivity contribution in [1.29, 1.82) is 0 Å². The zero-order chi connectivity index (χ0) is 28.4. The van der Waals surface area contributed by atoms with Crippen LogP contribution in [-0.4, -0.2) is 82.7 Å². The lowest BCUT2D eigenvalue weighted by Crippen LogP contribution is -2.48. The fourth-order valence-corrected chi connectivity index (χ4v) is 5.32. The molecule has 1 aromatic carbocycles. The number of benzene rings is 1. The Bertz CT molecular complexity index is 1180. The van der Waals surface area contributed by atoms with Crippen LogP contribution >= 0.6 is 11.3 Å². The van der Waals surface area contributed by atoms with Gasteiger partial charge in [0.2, 0.25) is 16.0 Å². The minimum atomic E-state index is -4.86. The minimum absolute atomic E-state index is 0.0514. The number of rotatable bonds is 7. The zero-order valence-corrected chi connectivity index (χ0v) is 21.3. The predicted molar refractivity (Wildman–Crippen MR) is 130 cm³/mol. The first kappa shape index (κ1) is 28.8. The van der Waals surface area contributed by atoms with Gasteiger partial charge in [-0.2, -0.15) is 26.3 Å². The number of aromatic nitrogens is 2. The molecule has 214 valence electrons. The maximum Gasteiger partial charge on any atom is 0.445 e. The molecular weight excluding hydrogens is 556 g/mol. The number of carbonyl (C=O) groups is 1. The number of hydrogen-bond acceptors (Lipinski definition) is 9. The fourth-order valence-electron chi connectivity index (χ4n) is 4.55. The molecule has 39 heavy (non-hydrogen) atoms. The van der Waals surface area contributed by atoms with Crippen LogP contribution < -0.4 is 10.2 Å². The number of piperidine rings is 1. The van der Waals surface area contributed by atoms with Crippen molar-refractivity contribution in [3.05, 3.63) is 38.9 Å². The summed E-state index contributed by atoms with van der Waals surface area (Å²) in [5.74, 6) is -0.0514. The molecule has 2 saturated heterocycles. The number of piperazine rings is 1. The molecule has 10 nitrogen and oxygen atoms in total. The Morgan fingerprint density at radius 3 is 2.26 bits per heavy atom. The number of halogens is 6. The van der Waals surface area contributed by atoms with E-state index < -0.39 is 33.5 Å². The molecule has 0 unspecified atom stereocenters. The lowest BCUT2D eigenvalue weighted by atomic mass is 10.0. The zero-order valence-electron chi connectivity index (χ0n) is 20.5. The Morgan fingerprint density at radius 1 is 1.03 bits per heavy atom. The molecule has 0 aliphatic carbocycles. The SMILES string of the molecule is O=C(CCN1CCN(c2nnc(C(F)(F)F)s2)CC1)N1CCC(Nc2ccc([N+](=O)[O-])c(C(F)(F)F)c2)CC1. The Kier molecular flexibility index (Phi) is 8.48. The second-order valence-corrected chi connectivity index (χ2v) is 10.2. The molecule has 3 heterocycles. The maximum absolute atomic E-state index is 13.2. The van der Waals surface area contributed by atoms with Gasteiger partial charge in [-0.1, -0.05) is 11.3 Å². The van der Waals surface area contributed by atoms with Crippen molar-refractivity contribution in [2.24, 2.45) is 0 Å². The van der Waals surface area contributed by atoms with Crippen molar-refractivity contribution in [3.8, 4) is 0 Å². The lowest BCUT2D eigenvalue weighted by Gasteiger charge is -2.35. The number of carbonyl (C=O) groups excluding carboxylic acids is 1. The maximum atomic E-state index is 13.2. The Hall–Kier alpha value is -3.21. The smallest absolute Gasteiger partial charge is 0.382 e. The van der Waals surface area contributed by atoms with Crippen molar-refractivity contribution in [3.63, 3.8) is 0 Å². The van der Waals surface area contributed by atoms with E-state index in [1.807, 2.05) is 0 Å². The molecule has 0 bridgehead atoms. The van der Waals surface area contributed by atoms with Gasteiger partial charge < -0.3 is 15.1 Å². The van der Waals surface area contributed by atoms with E-state index in [0.29, 0.717) is 70.0 Å². The molecule has 4 rings (SSSR count). The predicted octanol–water partition coefficient (Wildman–Crippen LogP) is 4.10. The van der Waals surface area contributed by atoms with Gasteiger partial charge in [-0.05, 0) is 25.0 Å². The van der Waals surface area contributed by atoms with E-state index in [1.165, 1.54) is 6.07 Å². The molecule has 1 aromatic heterocycles. The third-order valence-electron chi connectivity index (χ3n) is 6.66. The van der Waals surface area contributed by atoms with Crippen molar-refractivity contribution >= 4 is 33.8 Å². The van der Waals surface area contributed by atoms with E-state index in [1.54, 1.807) is 9.80 Å². The third kappa shape index (κ3) is 7.26. The summed E-state index contributed by atoms with van der Waals surface area (Å²) >= 11 is 0.506. The van der Waals surface area contributed by atoms with Crippen LogP contribution in [0.4, 0.5) is 42.8 Å². The normalized spacial score (nSPS) is 17.9. The lowest BCUT2D eigenvalue weighted by molar-refractivity contribution is -0.388. The van der Waals surface area contributed by atoms with Crippen molar-refractivity contribution in [1.82, 2.24) is 20.0 Å².